The van der Waals surface area contributed by atoms with Gasteiger partial charge in [0.1, 0.15) is 6.04 Å². The predicted molar refractivity (Wildman–Crippen MR) is 64.3 cm³/mol. The van der Waals surface area contributed by atoms with Crippen LogP contribution in [0.3, 0.4) is 0 Å². The van der Waals surface area contributed by atoms with Crippen molar-refractivity contribution >= 4 is 5.97 Å². The number of aliphatic carboxylic acids is 1. The lowest BCUT2D eigenvalue weighted by Gasteiger charge is -2.31. The number of carboxylic acids is 1. The van der Waals surface area contributed by atoms with Crippen LogP contribution < -0.4 is 0 Å². The molecule has 1 aromatic carbocycles. The second-order valence-corrected chi connectivity index (χ2v) is 3.93. The molecule has 1 aromatic rings. The molecule has 16 heavy (non-hydrogen) atoms. The van der Waals surface area contributed by atoms with E-state index in [9.17, 15) is 4.79 Å². The third kappa shape index (κ3) is 2.83. The first-order valence-electron chi connectivity index (χ1n) is 5.61. The van der Waals surface area contributed by atoms with Gasteiger partial charge >= 0.3 is 5.97 Å². The standard InChI is InChI=1S/C13H19NO2/c1-4-14(11(3)13(15)16)10(2)12-8-6-5-7-9-12/h5-11H,4H2,1-3H3,(H,15,16). The van der Waals surface area contributed by atoms with E-state index in [0.29, 0.717) is 0 Å². The van der Waals surface area contributed by atoms with Gasteiger partial charge < -0.3 is 5.11 Å². The fraction of sp³-hybridized carbons (Fsp3) is 0.462. The predicted octanol–water partition coefficient (Wildman–Crippen LogP) is 2.54. The van der Waals surface area contributed by atoms with E-state index in [-0.39, 0.29) is 6.04 Å². The van der Waals surface area contributed by atoms with Crippen molar-refractivity contribution in [1.29, 1.82) is 0 Å². The van der Waals surface area contributed by atoms with Crippen molar-refractivity contribution in [2.45, 2.75) is 32.9 Å². The molecule has 0 radical (unpaired) electrons. The molecule has 0 aliphatic carbocycles. The molecule has 0 amide bonds. The van der Waals surface area contributed by atoms with Crippen molar-refractivity contribution in [1.82, 2.24) is 4.90 Å². The monoisotopic (exact) mass is 221 g/mol. The zero-order chi connectivity index (χ0) is 12.1. The summed E-state index contributed by atoms with van der Waals surface area (Å²) >= 11 is 0. The maximum absolute atomic E-state index is 11.0. The molecule has 3 heteroatoms. The van der Waals surface area contributed by atoms with Gasteiger partial charge in [-0.3, -0.25) is 9.69 Å². The normalized spacial score (nSPS) is 14.8. The van der Waals surface area contributed by atoms with E-state index in [1.807, 2.05) is 49.1 Å². The Morgan fingerprint density at radius 1 is 1.31 bits per heavy atom. The summed E-state index contributed by atoms with van der Waals surface area (Å²) < 4.78 is 0. The number of rotatable bonds is 5. The van der Waals surface area contributed by atoms with E-state index in [1.54, 1.807) is 6.92 Å². The highest BCUT2D eigenvalue weighted by Gasteiger charge is 2.24. The quantitative estimate of drug-likeness (QED) is 0.830. The summed E-state index contributed by atoms with van der Waals surface area (Å²) in [4.78, 5) is 13.0. The van der Waals surface area contributed by atoms with Gasteiger partial charge in [0.2, 0.25) is 0 Å². The highest BCUT2D eigenvalue weighted by molar-refractivity contribution is 5.72. The molecule has 0 aliphatic rings. The van der Waals surface area contributed by atoms with Gasteiger partial charge in [0.25, 0.3) is 0 Å². The van der Waals surface area contributed by atoms with Crippen molar-refractivity contribution in [3.05, 3.63) is 35.9 Å². The number of carboxylic acid groups (broad SMARTS) is 1. The number of hydrogen-bond donors (Lipinski definition) is 1. The fourth-order valence-corrected chi connectivity index (χ4v) is 1.95. The van der Waals surface area contributed by atoms with Crippen LogP contribution in [0.1, 0.15) is 32.4 Å². The van der Waals surface area contributed by atoms with Crippen LogP contribution in [0.25, 0.3) is 0 Å². The van der Waals surface area contributed by atoms with Gasteiger partial charge in [-0.1, -0.05) is 37.3 Å². The molecule has 2 unspecified atom stereocenters. The van der Waals surface area contributed by atoms with Crippen molar-refractivity contribution in [2.75, 3.05) is 6.54 Å². The number of benzene rings is 1. The van der Waals surface area contributed by atoms with Crippen molar-refractivity contribution in [3.8, 4) is 0 Å². The van der Waals surface area contributed by atoms with Crippen LogP contribution in [0.4, 0.5) is 0 Å². The maximum Gasteiger partial charge on any atom is 0.320 e. The average Bonchev–Trinajstić information content (AvgIpc) is 2.30. The maximum atomic E-state index is 11.0. The Labute approximate surface area is 96.7 Å². The van der Waals surface area contributed by atoms with Crippen LogP contribution in [0.15, 0.2) is 30.3 Å². The first-order valence-corrected chi connectivity index (χ1v) is 5.61. The number of carbonyl (C=O) groups is 1. The van der Waals surface area contributed by atoms with Crippen LogP contribution in [0.5, 0.6) is 0 Å². The summed E-state index contributed by atoms with van der Waals surface area (Å²) in [6, 6.07) is 9.64. The number of likely N-dealkylation sites (N-methyl/N-ethyl adjacent to an activating group) is 1. The molecule has 0 aromatic heterocycles. The van der Waals surface area contributed by atoms with Crippen molar-refractivity contribution < 1.29 is 9.90 Å². The molecule has 2 atom stereocenters. The van der Waals surface area contributed by atoms with Gasteiger partial charge in [-0.25, -0.2) is 0 Å². The molecule has 88 valence electrons. The van der Waals surface area contributed by atoms with E-state index in [1.165, 1.54) is 0 Å². The molecular formula is C13H19NO2. The Hall–Kier alpha value is -1.35. The molecule has 0 saturated carbocycles. The lowest BCUT2D eigenvalue weighted by molar-refractivity contribution is -0.143. The van der Waals surface area contributed by atoms with E-state index < -0.39 is 12.0 Å². The van der Waals surface area contributed by atoms with Gasteiger partial charge in [-0.2, -0.15) is 0 Å². The summed E-state index contributed by atoms with van der Waals surface area (Å²) in [5.74, 6) is -0.773. The van der Waals surface area contributed by atoms with Gasteiger partial charge in [-0.15, -0.1) is 0 Å². The average molecular weight is 221 g/mol. The molecule has 1 rings (SSSR count). The Bertz CT molecular complexity index is 337. The van der Waals surface area contributed by atoms with Crippen LogP contribution in [-0.2, 0) is 4.79 Å². The Morgan fingerprint density at radius 2 is 1.88 bits per heavy atom. The Balaban J connectivity index is 2.85. The van der Waals surface area contributed by atoms with Gasteiger partial charge in [0.15, 0.2) is 0 Å². The topological polar surface area (TPSA) is 40.5 Å². The Kier molecular flexibility index (Phi) is 4.50. The number of nitrogens with zero attached hydrogens (tertiary/aromatic N) is 1. The lowest BCUT2D eigenvalue weighted by atomic mass is 10.1. The molecular weight excluding hydrogens is 202 g/mol. The van der Waals surface area contributed by atoms with Crippen molar-refractivity contribution in [3.63, 3.8) is 0 Å². The third-order valence-electron chi connectivity index (χ3n) is 3.00. The molecule has 0 bridgehead atoms. The van der Waals surface area contributed by atoms with Crippen LogP contribution in [0.2, 0.25) is 0 Å². The molecule has 0 spiro atoms. The Morgan fingerprint density at radius 3 is 2.31 bits per heavy atom. The summed E-state index contributed by atoms with van der Waals surface area (Å²) in [5, 5.41) is 9.04. The first-order chi connectivity index (χ1) is 7.57. The first kappa shape index (κ1) is 12.7. The second kappa shape index (κ2) is 5.66. The summed E-state index contributed by atoms with van der Waals surface area (Å²) in [6.07, 6.45) is 0. The van der Waals surface area contributed by atoms with E-state index in [0.717, 1.165) is 12.1 Å². The van der Waals surface area contributed by atoms with Gasteiger partial charge in [0.05, 0.1) is 0 Å². The van der Waals surface area contributed by atoms with Crippen LogP contribution in [-0.4, -0.2) is 28.6 Å². The second-order valence-electron chi connectivity index (χ2n) is 3.93. The zero-order valence-electron chi connectivity index (χ0n) is 10.1. The summed E-state index contributed by atoms with van der Waals surface area (Å²) in [7, 11) is 0. The number of hydrogen-bond acceptors (Lipinski definition) is 2. The highest BCUT2D eigenvalue weighted by Crippen LogP contribution is 2.21. The highest BCUT2D eigenvalue weighted by atomic mass is 16.4. The van der Waals surface area contributed by atoms with Crippen LogP contribution >= 0.6 is 0 Å². The van der Waals surface area contributed by atoms with Crippen LogP contribution in [0, 0.1) is 0 Å². The fourth-order valence-electron chi connectivity index (χ4n) is 1.95. The lowest BCUT2D eigenvalue weighted by Crippen LogP contribution is -2.40. The van der Waals surface area contributed by atoms with Gasteiger partial charge in [-0.05, 0) is 26.0 Å². The third-order valence-corrected chi connectivity index (χ3v) is 3.00. The van der Waals surface area contributed by atoms with Crippen molar-refractivity contribution in [2.24, 2.45) is 0 Å². The van der Waals surface area contributed by atoms with E-state index >= 15 is 0 Å². The SMILES string of the molecule is CCN(C(C)C(=O)O)C(C)c1ccccc1. The minimum absolute atomic E-state index is 0.122. The minimum Gasteiger partial charge on any atom is -0.480 e. The van der Waals surface area contributed by atoms with E-state index in [4.69, 9.17) is 5.11 Å². The minimum atomic E-state index is -0.773. The molecule has 0 heterocycles. The molecule has 0 fully saturated rings. The molecule has 0 saturated heterocycles. The zero-order valence-corrected chi connectivity index (χ0v) is 10.1. The van der Waals surface area contributed by atoms with E-state index in [2.05, 4.69) is 0 Å². The molecule has 1 N–H and O–H groups in total. The van der Waals surface area contributed by atoms with Gasteiger partial charge in [0, 0.05) is 6.04 Å². The smallest absolute Gasteiger partial charge is 0.320 e. The molecule has 0 aliphatic heterocycles. The summed E-state index contributed by atoms with van der Waals surface area (Å²) in [5.41, 5.74) is 1.15. The molecule has 3 nitrogen and oxygen atoms in total. The largest absolute Gasteiger partial charge is 0.480 e. The summed E-state index contributed by atoms with van der Waals surface area (Å²) in [6.45, 7) is 6.48.